The van der Waals surface area contributed by atoms with Crippen LogP contribution in [0.4, 0.5) is 5.69 Å². The summed E-state index contributed by atoms with van der Waals surface area (Å²) in [6.45, 7) is 4.77. The van der Waals surface area contributed by atoms with Crippen LogP contribution in [0, 0.1) is 0 Å². The molecule has 27 heavy (non-hydrogen) atoms. The fraction of sp³-hybridized carbons (Fsp3) is 0.350. The number of carbonyl (C=O) groups excluding carboxylic acids is 1. The van der Waals surface area contributed by atoms with Crippen LogP contribution < -0.4 is 14.4 Å². The van der Waals surface area contributed by atoms with Crippen LogP contribution in [0.5, 0.6) is 5.75 Å². The first-order chi connectivity index (χ1) is 12.8. The number of sulfonamides is 1. The van der Waals surface area contributed by atoms with Gasteiger partial charge in [-0.1, -0.05) is 12.1 Å². The maximum absolute atomic E-state index is 12.5. The summed E-state index contributed by atoms with van der Waals surface area (Å²) in [5.41, 5.74) is 1.58. The lowest BCUT2D eigenvalue weighted by molar-refractivity contribution is -0.117. The Morgan fingerprint density at radius 2 is 1.74 bits per heavy atom. The van der Waals surface area contributed by atoms with Crippen LogP contribution in [0.3, 0.4) is 0 Å². The van der Waals surface area contributed by atoms with E-state index in [1.807, 2.05) is 38.1 Å². The second-order valence-electron chi connectivity index (χ2n) is 6.78. The Morgan fingerprint density at radius 3 is 2.30 bits per heavy atom. The molecule has 0 saturated carbocycles. The Morgan fingerprint density at radius 1 is 1.07 bits per heavy atom. The summed E-state index contributed by atoms with van der Waals surface area (Å²) < 4.78 is 33.2. The molecule has 6 nitrogen and oxygen atoms in total. The highest BCUT2D eigenvalue weighted by atomic mass is 32.2. The van der Waals surface area contributed by atoms with Crippen molar-refractivity contribution < 1.29 is 17.9 Å². The molecular formula is C20H24N2O4S. The predicted octanol–water partition coefficient (Wildman–Crippen LogP) is 3.08. The number of nitrogens with one attached hydrogen (secondary N) is 1. The highest BCUT2D eigenvalue weighted by Crippen LogP contribution is 2.23. The lowest BCUT2D eigenvalue weighted by Crippen LogP contribution is -2.25. The van der Waals surface area contributed by atoms with Gasteiger partial charge in [0.2, 0.25) is 15.9 Å². The quantitative estimate of drug-likeness (QED) is 0.791. The number of amides is 1. The first-order valence-electron chi connectivity index (χ1n) is 9.01. The summed E-state index contributed by atoms with van der Waals surface area (Å²) in [7, 11) is -3.63. The van der Waals surface area contributed by atoms with Crippen LogP contribution in [-0.2, 0) is 21.4 Å². The molecule has 0 radical (unpaired) electrons. The molecule has 0 bridgehead atoms. The number of anilines is 1. The Bertz CT molecular complexity index is 891. The van der Waals surface area contributed by atoms with Crippen molar-refractivity contribution in [2.45, 2.75) is 44.2 Å². The van der Waals surface area contributed by atoms with Crippen molar-refractivity contribution in [1.29, 1.82) is 0 Å². The van der Waals surface area contributed by atoms with Crippen LogP contribution in [0.15, 0.2) is 53.4 Å². The van der Waals surface area contributed by atoms with E-state index in [1.165, 1.54) is 12.1 Å². The predicted molar refractivity (Wildman–Crippen MR) is 104 cm³/mol. The summed E-state index contributed by atoms with van der Waals surface area (Å²) in [5, 5.41) is 0. The molecule has 0 aliphatic carbocycles. The van der Waals surface area contributed by atoms with Crippen molar-refractivity contribution in [3.8, 4) is 5.75 Å². The zero-order valence-electron chi connectivity index (χ0n) is 15.5. The molecule has 2 aromatic carbocycles. The van der Waals surface area contributed by atoms with E-state index in [0.717, 1.165) is 23.4 Å². The molecule has 0 unspecified atom stereocenters. The second kappa shape index (κ2) is 8.10. The Labute approximate surface area is 160 Å². The van der Waals surface area contributed by atoms with Gasteiger partial charge in [-0.2, -0.15) is 0 Å². The van der Waals surface area contributed by atoms with E-state index in [0.29, 0.717) is 13.0 Å². The first kappa shape index (κ1) is 19.4. The van der Waals surface area contributed by atoms with Gasteiger partial charge < -0.3 is 9.64 Å². The van der Waals surface area contributed by atoms with Gasteiger partial charge >= 0.3 is 0 Å². The maximum atomic E-state index is 12.5. The third-order valence-electron chi connectivity index (χ3n) is 4.29. The average molecular weight is 388 g/mol. The van der Waals surface area contributed by atoms with Crippen molar-refractivity contribution in [3.63, 3.8) is 0 Å². The number of ether oxygens (including phenoxy) is 1. The van der Waals surface area contributed by atoms with Gasteiger partial charge in [-0.05, 0) is 62.2 Å². The van der Waals surface area contributed by atoms with Crippen LogP contribution in [0.25, 0.3) is 0 Å². The number of hydrogen-bond donors (Lipinski definition) is 1. The molecule has 0 spiro atoms. The average Bonchev–Trinajstić information content (AvgIpc) is 3.07. The lowest BCUT2D eigenvalue weighted by Gasteiger charge is -2.16. The van der Waals surface area contributed by atoms with Gasteiger partial charge in [0.05, 0.1) is 11.0 Å². The molecule has 1 saturated heterocycles. The molecule has 2 aromatic rings. The van der Waals surface area contributed by atoms with Crippen molar-refractivity contribution in [2.24, 2.45) is 0 Å². The summed E-state index contributed by atoms with van der Waals surface area (Å²) in [5.74, 6) is 0.831. The summed E-state index contributed by atoms with van der Waals surface area (Å²) >= 11 is 0. The lowest BCUT2D eigenvalue weighted by atomic mass is 10.2. The van der Waals surface area contributed by atoms with Crippen molar-refractivity contribution >= 4 is 21.6 Å². The molecule has 0 aromatic heterocycles. The summed E-state index contributed by atoms with van der Waals surface area (Å²) in [6.07, 6.45) is 1.47. The number of nitrogens with zero attached hydrogens (tertiary/aromatic N) is 1. The molecule has 1 amide bonds. The van der Waals surface area contributed by atoms with Crippen LogP contribution in [0.1, 0.15) is 32.3 Å². The van der Waals surface area contributed by atoms with E-state index in [9.17, 15) is 13.2 Å². The minimum absolute atomic E-state index is 0.0774. The third kappa shape index (κ3) is 4.87. The van der Waals surface area contributed by atoms with Crippen molar-refractivity contribution in [3.05, 3.63) is 54.1 Å². The van der Waals surface area contributed by atoms with Crippen LogP contribution >= 0.6 is 0 Å². The Kier molecular flexibility index (Phi) is 5.82. The van der Waals surface area contributed by atoms with Crippen molar-refractivity contribution in [1.82, 2.24) is 4.72 Å². The summed E-state index contributed by atoms with van der Waals surface area (Å²) in [6, 6.07) is 13.7. The minimum atomic E-state index is -3.63. The third-order valence-corrected chi connectivity index (χ3v) is 5.71. The van der Waals surface area contributed by atoms with Gasteiger partial charge in [-0.15, -0.1) is 0 Å². The zero-order chi connectivity index (χ0) is 19.4. The molecule has 1 heterocycles. The molecular weight excluding hydrogens is 364 g/mol. The number of benzene rings is 2. The first-order valence-corrected chi connectivity index (χ1v) is 10.5. The van der Waals surface area contributed by atoms with Gasteiger partial charge in [0, 0.05) is 25.2 Å². The maximum Gasteiger partial charge on any atom is 0.240 e. The number of rotatable bonds is 7. The smallest absolute Gasteiger partial charge is 0.240 e. The molecule has 144 valence electrons. The molecule has 1 aliphatic heterocycles. The fourth-order valence-corrected chi connectivity index (χ4v) is 3.96. The van der Waals surface area contributed by atoms with Gasteiger partial charge in [0.1, 0.15) is 5.75 Å². The minimum Gasteiger partial charge on any atom is -0.491 e. The monoisotopic (exact) mass is 388 g/mol. The van der Waals surface area contributed by atoms with E-state index in [1.54, 1.807) is 17.0 Å². The van der Waals surface area contributed by atoms with Gasteiger partial charge in [-0.3, -0.25) is 4.79 Å². The molecule has 0 atom stereocenters. The zero-order valence-corrected chi connectivity index (χ0v) is 16.3. The summed E-state index contributed by atoms with van der Waals surface area (Å²) in [4.78, 5) is 13.6. The topological polar surface area (TPSA) is 75.7 Å². The van der Waals surface area contributed by atoms with E-state index in [4.69, 9.17) is 4.74 Å². The van der Waals surface area contributed by atoms with E-state index in [2.05, 4.69) is 4.72 Å². The molecule has 7 heteroatoms. The molecule has 1 aliphatic rings. The largest absolute Gasteiger partial charge is 0.491 e. The van der Waals surface area contributed by atoms with E-state index >= 15 is 0 Å². The van der Waals surface area contributed by atoms with Gasteiger partial charge in [0.15, 0.2) is 0 Å². The number of hydrogen-bond acceptors (Lipinski definition) is 4. The fourth-order valence-electron chi connectivity index (χ4n) is 2.95. The van der Waals surface area contributed by atoms with Crippen LogP contribution in [-0.4, -0.2) is 27.0 Å². The highest BCUT2D eigenvalue weighted by molar-refractivity contribution is 7.89. The Balaban J connectivity index is 1.63. The Hall–Kier alpha value is -2.38. The van der Waals surface area contributed by atoms with Crippen molar-refractivity contribution in [2.75, 3.05) is 11.4 Å². The molecule has 1 fully saturated rings. The molecule has 3 rings (SSSR count). The van der Waals surface area contributed by atoms with Gasteiger partial charge in [-0.25, -0.2) is 13.1 Å². The van der Waals surface area contributed by atoms with Gasteiger partial charge in [0.25, 0.3) is 0 Å². The van der Waals surface area contributed by atoms with E-state index < -0.39 is 10.0 Å². The van der Waals surface area contributed by atoms with E-state index in [-0.39, 0.29) is 23.5 Å². The second-order valence-corrected chi connectivity index (χ2v) is 8.54. The number of carbonyl (C=O) groups is 1. The highest BCUT2D eigenvalue weighted by Gasteiger charge is 2.22. The molecule has 1 N–H and O–H groups in total. The van der Waals surface area contributed by atoms with Crippen LogP contribution in [0.2, 0.25) is 0 Å². The normalized spacial score (nSPS) is 14.8. The standard InChI is InChI=1S/C20H24N2O4S/c1-15(2)26-18-9-5-16(6-10-18)14-21-27(24,25)19-11-7-17(8-12-19)22-13-3-4-20(22)23/h5-12,15,21H,3-4,13-14H2,1-2H3. The SMILES string of the molecule is CC(C)Oc1ccc(CNS(=O)(=O)c2ccc(N3CCCC3=O)cc2)cc1.